The zero-order chi connectivity index (χ0) is 14.8. The lowest BCUT2D eigenvalue weighted by Crippen LogP contribution is -2.46. The number of rotatable bonds is 3. The zero-order valence-electron chi connectivity index (χ0n) is 11.8. The minimum absolute atomic E-state index is 0.0466. The molecule has 1 aliphatic rings. The van der Waals surface area contributed by atoms with E-state index in [1.54, 1.807) is 19.1 Å². The van der Waals surface area contributed by atoms with Crippen LogP contribution in [0.5, 0.6) is 0 Å². The predicted molar refractivity (Wildman–Crippen MR) is 76.7 cm³/mol. The van der Waals surface area contributed by atoms with Gasteiger partial charge in [-0.25, -0.2) is 13.1 Å². The van der Waals surface area contributed by atoms with Gasteiger partial charge in [-0.3, -0.25) is 0 Å². The number of aryl methyl sites for hydroxylation is 1. The minimum Gasteiger partial charge on any atom is -0.305 e. The molecule has 1 saturated heterocycles. The maximum Gasteiger partial charge on any atom is 0.240 e. The highest BCUT2D eigenvalue weighted by Crippen LogP contribution is 2.17. The molecule has 108 valence electrons. The highest BCUT2D eigenvalue weighted by atomic mass is 32.2. The van der Waals surface area contributed by atoms with Crippen molar-refractivity contribution in [3.63, 3.8) is 0 Å². The van der Waals surface area contributed by atoms with E-state index < -0.39 is 10.0 Å². The number of likely N-dealkylation sites (N-methyl/N-ethyl adjacent to an activating group) is 1. The summed E-state index contributed by atoms with van der Waals surface area (Å²) < 4.78 is 27.4. The van der Waals surface area contributed by atoms with Gasteiger partial charge >= 0.3 is 0 Å². The van der Waals surface area contributed by atoms with Crippen LogP contribution in [-0.2, 0) is 10.0 Å². The summed E-state index contributed by atoms with van der Waals surface area (Å²) in [6.45, 7) is 3.48. The second-order valence-electron chi connectivity index (χ2n) is 5.31. The smallest absolute Gasteiger partial charge is 0.240 e. The van der Waals surface area contributed by atoms with Crippen LogP contribution in [0.3, 0.4) is 0 Å². The molecule has 1 aromatic carbocycles. The molecule has 1 fully saturated rings. The van der Waals surface area contributed by atoms with Crippen LogP contribution in [0.15, 0.2) is 23.1 Å². The molecule has 0 saturated carbocycles. The van der Waals surface area contributed by atoms with Gasteiger partial charge in [-0.15, -0.1) is 0 Å². The first kappa shape index (κ1) is 15.0. The maximum atomic E-state index is 12.3. The molecule has 0 aromatic heterocycles. The molecule has 1 atom stereocenters. The van der Waals surface area contributed by atoms with Gasteiger partial charge in [-0.05, 0) is 57.1 Å². The van der Waals surface area contributed by atoms with Crippen LogP contribution in [0.4, 0.5) is 0 Å². The van der Waals surface area contributed by atoms with Crippen LogP contribution in [0.25, 0.3) is 0 Å². The highest BCUT2D eigenvalue weighted by molar-refractivity contribution is 7.89. The third kappa shape index (κ3) is 3.37. The van der Waals surface area contributed by atoms with Crippen molar-refractivity contribution in [1.82, 2.24) is 9.62 Å². The SMILES string of the molecule is Cc1cc(S(=O)(=O)NC2CCCN(C)C2)ccc1C#N. The number of hydrogen-bond acceptors (Lipinski definition) is 4. The topological polar surface area (TPSA) is 73.2 Å². The molecule has 1 aliphatic heterocycles. The lowest BCUT2D eigenvalue weighted by molar-refractivity contribution is 0.242. The van der Waals surface area contributed by atoms with Gasteiger partial charge in [0.1, 0.15) is 0 Å². The second-order valence-corrected chi connectivity index (χ2v) is 7.03. The summed E-state index contributed by atoms with van der Waals surface area (Å²) in [7, 11) is -1.52. The van der Waals surface area contributed by atoms with Crippen LogP contribution in [0.2, 0.25) is 0 Å². The summed E-state index contributed by atoms with van der Waals surface area (Å²) >= 11 is 0. The third-order valence-electron chi connectivity index (χ3n) is 3.57. The van der Waals surface area contributed by atoms with Crippen molar-refractivity contribution in [1.29, 1.82) is 5.26 Å². The Labute approximate surface area is 120 Å². The third-order valence-corrected chi connectivity index (χ3v) is 5.09. The lowest BCUT2D eigenvalue weighted by Gasteiger charge is -2.30. The fourth-order valence-corrected chi connectivity index (χ4v) is 3.83. The molecule has 1 N–H and O–H groups in total. The molecular formula is C14H19N3O2S. The van der Waals surface area contributed by atoms with Crippen molar-refractivity contribution in [2.24, 2.45) is 0 Å². The normalized spacial score (nSPS) is 20.6. The highest BCUT2D eigenvalue weighted by Gasteiger charge is 2.24. The summed E-state index contributed by atoms with van der Waals surface area (Å²) in [4.78, 5) is 2.35. The van der Waals surface area contributed by atoms with E-state index in [2.05, 4.69) is 9.62 Å². The summed E-state index contributed by atoms with van der Waals surface area (Å²) in [5.74, 6) is 0. The monoisotopic (exact) mass is 293 g/mol. The Morgan fingerprint density at radius 3 is 2.80 bits per heavy atom. The molecule has 0 amide bonds. The fourth-order valence-electron chi connectivity index (χ4n) is 2.48. The minimum atomic E-state index is -3.52. The van der Waals surface area contributed by atoms with Crippen molar-refractivity contribution in [3.05, 3.63) is 29.3 Å². The number of nitriles is 1. The summed E-state index contributed by atoms with van der Waals surface area (Å²) in [5, 5.41) is 8.88. The lowest BCUT2D eigenvalue weighted by atomic mass is 10.1. The molecule has 0 bridgehead atoms. The number of benzene rings is 1. The molecule has 0 spiro atoms. The number of nitrogens with zero attached hydrogens (tertiary/aromatic N) is 2. The molecule has 20 heavy (non-hydrogen) atoms. The number of sulfonamides is 1. The predicted octanol–water partition coefficient (Wildman–Crippen LogP) is 1.24. The van der Waals surface area contributed by atoms with Crippen molar-refractivity contribution in [2.45, 2.75) is 30.7 Å². The van der Waals surface area contributed by atoms with Gasteiger partial charge in [0.05, 0.1) is 16.5 Å². The maximum absolute atomic E-state index is 12.3. The number of likely N-dealkylation sites (tertiary alicyclic amines) is 1. The van der Waals surface area contributed by atoms with Gasteiger partial charge < -0.3 is 4.90 Å². The average Bonchev–Trinajstić information content (AvgIpc) is 2.38. The molecule has 0 aliphatic carbocycles. The Balaban J connectivity index is 2.18. The standard InChI is InChI=1S/C14H19N3O2S/c1-11-8-14(6-5-12(11)9-15)20(18,19)16-13-4-3-7-17(2)10-13/h5-6,8,13,16H,3-4,7,10H2,1-2H3. The largest absolute Gasteiger partial charge is 0.305 e. The van der Waals surface area contributed by atoms with Gasteiger partial charge in [0.2, 0.25) is 10.0 Å². The van der Waals surface area contributed by atoms with Crippen LogP contribution in [0, 0.1) is 18.3 Å². The Morgan fingerprint density at radius 1 is 1.45 bits per heavy atom. The van der Waals surface area contributed by atoms with E-state index >= 15 is 0 Å². The second kappa shape index (κ2) is 5.92. The molecule has 1 unspecified atom stereocenters. The van der Waals surface area contributed by atoms with Crippen LogP contribution in [-0.4, -0.2) is 39.5 Å². The zero-order valence-corrected chi connectivity index (χ0v) is 12.6. The number of nitrogens with one attached hydrogen (secondary N) is 1. The van der Waals surface area contributed by atoms with E-state index in [1.165, 1.54) is 6.07 Å². The van der Waals surface area contributed by atoms with Crippen LogP contribution in [0.1, 0.15) is 24.0 Å². The van der Waals surface area contributed by atoms with E-state index in [9.17, 15) is 8.42 Å². The summed E-state index contributed by atoms with van der Waals surface area (Å²) in [6.07, 6.45) is 1.86. The Kier molecular flexibility index (Phi) is 4.43. The molecule has 5 nitrogen and oxygen atoms in total. The van der Waals surface area contributed by atoms with E-state index in [-0.39, 0.29) is 10.9 Å². The van der Waals surface area contributed by atoms with Gasteiger partial charge in [-0.1, -0.05) is 0 Å². The number of hydrogen-bond donors (Lipinski definition) is 1. The summed E-state index contributed by atoms with van der Waals surface area (Å²) in [5.41, 5.74) is 1.18. The van der Waals surface area contributed by atoms with Crippen molar-refractivity contribution in [2.75, 3.05) is 20.1 Å². The molecule has 6 heteroatoms. The van der Waals surface area contributed by atoms with E-state index in [0.717, 1.165) is 25.9 Å². The molecule has 1 aromatic rings. The molecular weight excluding hydrogens is 274 g/mol. The van der Waals surface area contributed by atoms with E-state index in [1.807, 2.05) is 13.1 Å². The average molecular weight is 293 g/mol. The molecule has 1 heterocycles. The Hall–Kier alpha value is -1.42. The Bertz CT molecular complexity index is 634. The van der Waals surface area contributed by atoms with Gasteiger partial charge in [0.25, 0.3) is 0 Å². The van der Waals surface area contributed by atoms with Gasteiger partial charge in [-0.2, -0.15) is 5.26 Å². The number of piperidine rings is 1. The first-order chi connectivity index (χ1) is 9.42. The first-order valence-electron chi connectivity index (χ1n) is 6.64. The van der Waals surface area contributed by atoms with Crippen LogP contribution < -0.4 is 4.72 Å². The molecule has 0 radical (unpaired) electrons. The summed E-state index contributed by atoms with van der Waals surface area (Å²) in [6, 6.07) is 6.58. The van der Waals surface area contributed by atoms with Crippen molar-refractivity contribution >= 4 is 10.0 Å². The Morgan fingerprint density at radius 2 is 2.20 bits per heavy atom. The molecule has 2 rings (SSSR count). The van der Waals surface area contributed by atoms with Gasteiger partial charge in [0.15, 0.2) is 0 Å². The van der Waals surface area contributed by atoms with Gasteiger partial charge in [0, 0.05) is 12.6 Å². The van der Waals surface area contributed by atoms with Crippen molar-refractivity contribution in [3.8, 4) is 6.07 Å². The van der Waals surface area contributed by atoms with E-state index in [4.69, 9.17) is 5.26 Å². The van der Waals surface area contributed by atoms with Crippen molar-refractivity contribution < 1.29 is 8.42 Å². The quantitative estimate of drug-likeness (QED) is 0.910. The first-order valence-corrected chi connectivity index (χ1v) is 8.12. The van der Waals surface area contributed by atoms with E-state index in [0.29, 0.717) is 11.1 Å². The fraction of sp³-hybridized carbons (Fsp3) is 0.500. The van der Waals surface area contributed by atoms with Crippen LogP contribution >= 0.6 is 0 Å².